The minimum absolute atomic E-state index is 0.00380. The minimum Gasteiger partial charge on any atom is -0.478 e. The number of fused-ring (bicyclic) bond motifs is 1. The molecule has 0 fully saturated rings. The van der Waals surface area contributed by atoms with E-state index in [1.165, 1.54) is 36.4 Å². The number of hydrogen-bond donors (Lipinski definition) is 7. The van der Waals surface area contributed by atoms with E-state index in [0.29, 0.717) is 11.1 Å². The molecule has 15 heteroatoms. The summed E-state index contributed by atoms with van der Waals surface area (Å²) in [6, 6.07) is 18.9. The van der Waals surface area contributed by atoms with Gasteiger partial charge in [0.05, 0.1) is 45.5 Å². The number of benzene rings is 4. The molecule has 0 radical (unpaired) electrons. The Balaban J connectivity index is 1.41. The highest BCUT2D eigenvalue weighted by Gasteiger charge is 2.47. The van der Waals surface area contributed by atoms with Crippen molar-refractivity contribution in [3.63, 3.8) is 0 Å². The molecule has 250 valence electrons. The fourth-order valence-electron chi connectivity index (χ4n) is 5.37. The summed E-state index contributed by atoms with van der Waals surface area (Å²) in [7, 11) is 0. The second kappa shape index (κ2) is 13.6. The van der Waals surface area contributed by atoms with Gasteiger partial charge in [-0.05, 0) is 66.1 Å². The first-order chi connectivity index (χ1) is 22.7. The molecule has 4 aromatic carbocycles. The molecule has 8 N–H and O–H groups in total. The molecule has 2 unspecified atom stereocenters. The first-order valence-electron chi connectivity index (χ1n) is 14.3. The molecule has 0 bridgehead atoms. The van der Waals surface area contributed by atoms with Gasteiger partial charge >= 0.3 is 18.1 Å². The second-order valence-electron chi connectivity index (χ2n) is 11.0. The summed E-state index contributed by atoms with van der Waals surface area (Å²) in [6.45, 7) is -0.0223. The van der Waals surface area contributed by atoms with Crippen LogP contribution in [0.3, 0.4) is 0 Å². The van der Waals surface area contributed by atoms with Crippen LogP contribution in [0.15, 0.2) is 84.9 Å². The number of halogens is 5. The normalized spacial score (nSPS) is 17.6. The van der Waals surface area contributed by atoms with Crippen LogP contribution in [0.5, 0.6) is 0 Å². The van der Waals surface area contributed by atoms with Crippen LogP contribution in [-0.2, 0) is 22.4 Å². The zero-order chi connectivity index (χ0) is 34.8. The average molecular weight is 703 g/mol. The molecule has 3 atom stereocenters. The lowest BCUT2D eigenvalue weighted by atomic mass is 9.92. The molecule has 0 spiro atoms. The van der Waals surface area contributed by atoms with Gasteiger partial charge in [0.1, 0.15) is 10.4 Å². The van der Waals surface area contributed by atoms with E-state index in [-0.39, 0.29) is 46.8 Å². The summed E-state index contributed by atoms with van der Waals surface area (Å²) >= 11 is 13.4. The van der Waals surface area contributed by atoms with E-state index in [9.17, 15) is 37.8 Å². The first-order valence-corrected chi connectivity index (χ1v) is 15.1. The Hall–Kier alpha value is -4.98. The number of carbonyl (C=O) groups excluding carboxylic acids is 1. The molecule has 0 saturated heterocycles. The number of nitrogens with two attached hydrogens (primary N) is 1. The largest absolute Gasteiger partial charge is 0.478 e. The van der Waals surface area contributed by atoms with Crippen molar-refractivity contribution in [2.45, 2.75) is 35.6 Å². The summed E-state index contributed by atoms with van der Waals surface area (Å²) in [5, 5.41) is 31.3. The average Bonchev–Trinajstić information content (AvgIpc) is 3.28. The predicted molar refractivity (Wildman–Crippen MR) is 176 cm³/mol. The number of carboxylic acids is 2. The van der Waals surface area contributed by atoms with E-state index in [2.05, 4.69) is 21.3 Å². The Morgan fingerprint density at radius 1 is 0.854 bits per heavy atom. The van der Waals surface area contributed by atoms with Gasteiger partial charge in [-0.2, -0.15) is 13.2 Å². The Morgan fingerprint density at radius 2 is 1.48 bits per heavy atom. The maximum absolute atomic E-state index is 13.7. The third-order valence-electron chi connectivity index (χ3n) is 7.81. The van der Waals surface area contributed by atoms with Gasteiger partial charge in [0.2, 0.25) is 5.91 Å². The van der Waals surface area contributed by atoms with Gasteiger partial charge in [-0.3, -0.25) is 4.79 Å². The van der Waals surface area contributed by atoms with Crippen LogP contribution in [0.25, 0.3) is 0 Å². The number of carboxylic acid groups (broad SMARTS) is 2. The molecule has 48 heavy (non-hydrogen) atoms. The lowest BCUT2D eigenvalue weighted by Crippen LogP contribution is -2.46. The highest BCUT2D eigenvalue weighted by Crippen LogP contribution is 2.49. The highest BCUT2D eigenvalue weighted by atomic mass is 35.5. The molecule has 0 aromatic heterocycles. The molecule has 0 saturated carbocycles. The number of rotatable bonds is 12. The Bertz CT molecular complexity index is 1890. The summed E-state index contributed by atoms with van der Waals surface area (Å²) < 4.78 is 41.0. The first kappa shape index (κ1) is 34.4. The van der Waals surface area contributed by atoms with Crippen molar-refractivity contribution in [2.75, 3.05) is 16.0 Å². The van der Waals surface area contributed by atoms with Gasteiger partial charge < -0.3 is 37.2 Å². The quantitative estimate of drug-likeness (QED) is 0.0605. The number of primary amides is 1. The van der Waals surface area contributed by atoms with Crippen molar-refractivity contribution in [1.29, 1.82) is 0 Å². The van der Waals surface area contributed by atoms with Crippen LogP contribution in [0.2, 0.25) is 0 Å². The number of anilines is 5. The van der Waals surface area contributed by atoms with Crippen LogP contribution in [0.4, 0.5) is 41.6 Å². The predicted octanol–water partition coefficient (Wildman–Crippen LogP) is 7.05. The summed E-state index contributed by atoms with van der Waals surface area (Å²) in [5.74, 6) is -3.36. The minimum atomic E-state index is -4.72. The highest BCUT2D eigenvalue weighted by molar-refractivity contribution is 6.34. The van der Waals surface area contributed by atoms with E-state index in [1.54, 1.807) is 24.3 Å². The van der Waals surface area contributed by atoms with Crippen molar-refractivity contribution in [3.8, 4) is 0 Å². The van der Waals surface area contributed by atoms with E-state index >= 15 is 0 Å². The number of alkyl halides is 5. The molecule has 5 rings (SSSR count). The van der Waals surface area contributed by atoms with Gasteiger partial charge in [0.25, 0.3) is 0 Å². The van der Waals surface area contributed by atoms with E-state index < -0.39 is 46.0 Å². The summed E-state index contributed by atoms with van der Waals surface area (Å²) in [5.41, 5.74) is 5.26. The fourth-order valence-corrected chi connectivity index (χ4v) is 6.07. The number of nitrogens with one attached hydrogen (secondary N) is 4. The smallest absolute Gasteiger partial charge is 0.416 e. The number of carbonyl (C=O) groups is 3. The SMILES string of the molecule is NC(=O)[C@H](CC1(Cl)c2ccccc2NC1Cl)NCc1ccc(Nc2cc(C(F)(F)F)ccc2Nc2ccccc2C(=O)O)c(C(=O)O)c1. The van der Waals surface area contributed by atoms with E-state index in [0.717, 1.165) is 23.9 Å². The lowest BCUT2D eigenvalue weighted by Gasteiger charge is -2.29. The third kappa shape index (κ3) is 7.28. The molecule has 1 aliphatic heterocycles. The van der Waals surface area contributed by atoms with Crippen molar-refractivity contribution >= 4 is 69.5 Å². The zero-order valence-corrected chi connectivity index (χ0v) is 26.3. The van der Waals surface area contributed by atoms with E-state index in [4.69, 9.17) is 28.9 Å². The Morgan fingerprint density at radius 3 is 2.17 bits per heavy atom. The van der Waals surface area contributed by atoms with Crippen molar-refractivity contribution < 1.29 is 37.8 Å². The monoisotopic (exact) mass is 701 g/mol. The maximum atomic E-state index is 13.7. The summed E-state index contributed by atoms with van der Waals surface area (Å²) in [4.78, 5) is 35.3. The number of hydrogen-bond acceptors (Lipinski definition) is 7. The Labute approximate surface area is 282 Å². The lowest BCUT2D eigenvalue weighted by molar-refractivity contribution is -0.137. The van der Waals surface area contributed by atoms with Crippen LogP contribution >= 0.6 is 23.2 Å². The van der Waals surface area contributed by atoms with Crippen molar-refractivity contribution in [2.24, 2.45) is 5.73 Å². The van der Waals surface area contributed by atoms with Gasteiger partial charge in [-0.25, -0.2) is 9.59 Å². The number of para-hydroxylation sites is 2. The molecule has 1 aliphatic rings. The van der Waals surface area contributed by atoms with Gasteiger partial charge in [0, 0.05) is 12.2 Å². The molecular weight excluding hydrogens is 674 g/mol. The standard InChI is InChI=1S/C33H28Cl2F3N5O5/c34-31-32(35,21-6-2-4-8-24(21)43-31)15-27(28(39)44)40-16-17-9-11-23(20(13-17)30(47)48)42-26-14-18(33(36,37)38)10-12-25(26)41-22-7-3-1-5-19(22)29(45)46/h1-14,27,31,40-43H,15-16H2,(H2,39,44)(H,45,46)(H,47,48)/t27-,31?,32?/m0/s1. The topological polar surface area (TPSA) is 166 Å². The number of aromatic carboxylic acids is 2. The van der Waals surface area contributed by atoms with Crippen LogP contribution < -0.4 is 27.0 Å². The maximum Gasteiger partial charge on any atom is 0.416 e. The van der Waals surface area contributed by atoms with Gasteiger partial charge in [-0.15, -0.1) is 11.6 Å². The molecular formula is C33H28Cl2F3N5O5. The zero-order valence-electron chi connectivity index (χ0n) is 24.7. The molecule has 4 aromatic rings. The second-order valence-corrected chi connectivity index (χ2v) is 12.1. The van der Waals surface area contributed by atoms with Crippen LogP contribution in [0, 0.1) is 0 Å². The van der Waals surface area contributed by atoms with Crippen molar-refractivity contribution in [3.05, 3.63) is 113 Å². The molecule has 1 amide bonds. The number of amides is 1. The molecule has 0 aliphatic carbocycles. The molecule has 1 heterocycles. The summed E-state index contributed by atoms with van der Waals surface area (Å²) in [6.07, 6.45) is -4.72. The van der Waals surface area contributed by atoms with Crippen LogP contribution in [-0.4, -0.2) is 39.6 Å². The fraction of sp³-hybridized carbons (Fsp3) is 0.182. The van der Waals surface area contributed by atoms with Gasteiger partial charge in [-0.1, -0.05) is 48.0 Å². The third-order valence-corrected chi connectivity index (χ3v) is 8.98. The van der Waals surface area contributed by atoms with E-state index in [1.807, 2.05) is 6.07 Å². The van der Waals surface area contributed by atoms with Crippen molar-refractivity contribution in [1.82, 2.24) is 5.32 Å². The molecule has 10 nitrogen and oxygen atoms in total. The Kier molecular flexibility index (Phi) is 9.76. The van der Waals surface area contributed by atoms with Gasteiger partial charge in [0.15, 0.2) is 0 Å². The van der Waals surface area contributed by atoms with Crippen LogP contribution in [0.1, 0.15) is 43.8 Å².